The summed E-state index contributed by atoms with van der Waals surface area (Å²) in [5, 5.41) is 9.30. The first-order chi connectivity index (χ1) is 4.70. The van der Waals surface area contributed by atoms with Crippen molar-refractivity contribution in [2.75, 3.05) is 0 Å². The van der Waals surface area contributed by atoms with Gasteiger partial charge in [0, 0.05) is 0 Å². The predicted octanol–water partition coefficient (Wildman–Crippen LogP) is 0.947. The van der Waals surface area contributed by atoms with Crippen LogP contribution in [-0.4, -0.2) is 11.2 Å². The van der Waals surface area contributed by atoms with Gasteiger partial charge in [-0.15, -0.1) is 6.42 Å². The Kier molecular flexibility index (Phi) is 0.877. The van der Waals surface area contributed by atoms with Crippen LogP contribution in [0.4, 0.5) is 0 Å². The van der Waals surface area contributed by atoms with Crippen LogP contribution in [0, 0.1) is 23.7 Å². The fourth-order valence-corrected chi connectivity index (χ4v) is 1.99. The number of aliphatic hydroxyl groups is 1. The number of terminal acetylenes is 1. The molecule has 52 valence electrons. The molecule has 0 unspecified atom stereocenters. The molecule has 0 aliphatic heterocycles. The minimum absolute atomic E-state index is 0.0839. The van der Waals surface area contributed by atoms with Crippen molar-refractivity contribution in [3.05, 3.63) is 12.2 Å². The van der Waals surface area contributed by atoms with Crippen molar-refractivity contribution in [3.8, 4) is 12.3 Å². The molecule has 1 nitrogen and oxygen atoms in total. The molecule has 0 bridgehead atoms. The molecule has 1 N–H and O–H groups in total. The summed E-state index contributed by atoms with van der Waals surface area (Å²) in [4.78, 5) is 0. The van der Waals surface area contributed by atoms with Gasteiger partial charge in [-0.05, 0) is 24.3 Å². The average molecular weight is 134 g/mol. The monoisotopic (exact) mass is 134 g/mol. The van der Waals surface area contributed by atoms with E-state index in [1.165, 1.54) is 0 Å². The molecule has 0 amide bonds. The van der Waals surface area contributed by atoms with Crippen LogP contribution < -0.4 is 0 Å². The van der Waals surface area contributed by atoms with Crippen LogP contribution >= 0.6 is 0 Å². The molecule has 2 rings (SSSR count). The largest absolute Gasteiger partial charge is 0.389 e. The Hall–Kier alpha value is -0.740. The fourth-order valence-electron chi connectivity index (χ4n) is 1.99. The molecule has 0 aromatic carbocycles. The fraction of sp³-hybridized carbons (Fsp3) is 0.556. The van der Waals surface area contributed by atoms with Crippen molar-refractivity contribution in [1.82, 2.24) is 0 Å². The van der Waals surface area contributed by atoms with Gasteiger partial charge in [0.2, 0.25) is 0 Å². The zero-order chi connectivity index (χ0) is 7.35. The lowest BCUT2D eigenvalue weighted by Crippen LogP contribution is -2.09. The Morgan fingerprint density at radius 3 is 2.80 bits per heavy atom. The van der Waals surface area contributed by atoms with E-state index in [0.717, 1.165) is 18.4 Å². The van der Waals surface area contributed by atoms with Gasteiger partial charge in [-0.1, -0.05) is 12.5 Å². The smallest absolute Gasteiger partial charge is 0.0765 e. The van der Waals surface area contributed by atoms with Crippen LogP contribution in [0.1, 0.15) is 12.8 Å². The van der Waals surface area contributed by atoms with Gasteiger partial charge in [-0.3, -0.25) is 0 Å². The van der Waals surface area contributed by atoms with Crippen molar-refractivity contribution in [2.24, 2.45) is 11.3 Å². The number of rotatable bonds is 0. The highest BCUT2D eigenvalue weighted by Crippen LogP contribution is 2.65. The zero-order valence-electron chi connectivity index (χ0n) is 5.80. The molecule has 0 radical (unpaired) electrons. The molecule has 0 spiro atoms. The van der Waals surface area contributed by atoms with E-state index in [1.54, 1.807) is 0 Å². The quantitative estimate of drug-likeness (QED) is 0.386. The highest BCUT2D eigenvalue weighted by molar-refractivity contribution is 5.41. The Bertz CT molecular complexity index is 236. The van der Waals surface area contributed by atoms with Gasteiger partial charge < -0.3 is 5.11 Å². The molecule has 0 aromatic rings. The first-order valence-electron chi connectivity index (χ1n) is 3.56. The molecule has 0 saturated heterocycles. The topological polar surface area (TPSA) is 20.2 Å². The van der Waals surface area contributed by atoms with Gasteiger partial charge in [0.25, 0.3) is 0 Å². The summed E-state index contributed by atoms with van der Waals surface area (Å²) in [5.41, 5.74) is 0.791. The molecule has 2 aliphatic carbocycles. The standard InChI is InChI=1S/C9H10O/c1-3-9-5-7(9)4-8(10)6(9)2/h1,7-8,10H,2,4-5H2/t7-,8+,9-/m0/s1. The molecular formula is C9H10O. The van der Waals surface area contributed by atoms with Crippen molar-refractivity contribution < 1.29 is 5.11 Å². The summed E-state index contributed by atoms with van der Waals surface area (Å²) in [5.74, 6) is 3.28. The Balaban J connectivity index is 2.33. The molecular weight excluding hydrogens is 124 g/mol. The first-order valence-corrected chi connectivity index (χ1v) is 3.56. The maximum absolute atomic E-state index is 9.30. The Labute approximate surface area is 60.8 Å². The molecule has 1 heteroatoms. The average Bonchev–Trinajstić information content (AvgIpc) is 2.57. The third-order valence-electron chi connectivity index (χ3n) is 2.85. The second-order valence-electron chi connectivity index (χ2n) is 3.29. The van der Waals surface area contributed by atoms with Gasteiger partial charge >= 0.3 is 0 Å². The summed E-state index contributed by atoms with van der Waals surface area (Å²) in [7, 11) is 0. The van der Waals surface area contributed by atoms with Crippen LogP contribution in [-0.2, 0) is 0 Å². The molecule has 3 atom stereocenters. The van der Waals surface area contributed by atoms with E-state index < -0.39 is 0 Å². The first kappa shape index (κ1) is 6.00. The third kappa shape index (κ3) is 0.446. The van der Waals surface area contributed by atoms with Gasteiger partial charge in [0.05, 0.1) is 11.5 Å². The number of aliphatic hydroxyl groups excluding tert-OH is 1. The van der Waals surface area contributed by atoms with Gasteiger partial charge in [-0.2, -0.15) is 0 Å². The minimum atomic E-state index is -0.324. The van der Waals surface area contributed by atoms with E-state index in [9.17, 15) is 5.11 Å². The normalized spacial score (nSPS) is 50.2. The second kappa shape index (κ2) is 1.46. The van der Waals surface area contributed by atoms with E-state index in [-0.39, 0.29) is 11.5 Å². The second-order valence-corrected chi connectivity index (χ2v) is 3.29. The third-order valence-corrected chi connectivity index (χ3v) is 2.85. The molecule has 2 saturated carbocycles. The van der Waals surface area contributed by atoms with E-state index in [0.29, 0.717) is 5.92 Å². The summed E-state index contributed by atoms with van der Waals surface area (Å²) in [6, 6.07) is 0. The Morgan fingerprint density at radius 1 is 1.80 bits per heavy atom. The molecule has 2 fully saturated rings. The highest BCUT2D eigenvalue weighted by Gasteiger charge is 2.61. The number of fused-ring (bicyclic) bond motifs is 1. The summed E-state index contributed by atoms with van der Waals surface area (Å²) >= 11 is 0. The lowest BCUT2D eigenvalue weighted by Gasteiger charge is -2.09. The molecule has 10 heavy (non-hydrogen) atoms. The molecule has 0 heterocycles. The maximum atomic E-state index is 9.30. The van der Waals surface area contributed by atoms with Gasteiger partial charge in [0.15, 0.2) is 0 Å². The van der Waals surface area contributed by atoms with Crippen LogP contribution in [0.5, 0.6) is 0 Å². The summed E-state index contributed by atoms with van der Waals surface area (Å²) < 4.78 is 0. The van der Waals surface area contributed by atoms with Crippen molar-refractivity contribution in [3.63, 3.8) is 0 Å². The van der Waals surface area contributed by atoms with Gasteiger partial charge in [-0.25, -0.2) is 0 Å². The minimum Gasteiger partial charge on any atom is -0.389 e. The van der Waals surface area contributed by atoms with E-state index >= 15 is 0 Å². The van der Waals surface area contributed by atoms with E-state index in [4.69, 9.17) is 6.42 Å². The Morgan fingerprint density at radius 2 is 2.50 bits per heavy atom. The van der Waals surface area contributed by atoms with Crippen LogP contribution in [0.15, 0.2) is 12.2 Å². The van der Waals surface area contributed by atoms with Crippen molar-refractivity contribution >= 4 is 0 Å². The van der Waals surface area contributed by atoms with Crippen LogP contribution in [0.25, 0.3) is 0 Å². The maximum Gasteiger partial charge on any atom is 0.0765 e. The SMILES string of the molecule is C#C[C@@]12C[C@@H]1C[C@@H](O)C2=C. The lowest BCUT2D eigenvalue weighted by atomic mass is 9.99. The molecule has 2 aliphatic rings. The zero-order valence-corrected chi connectivity index (χ0v) is 5.80. The predicted molar refractivity (Wildman–Crippen MR) is 39.1 cm³/mol. The van der Waals surface area contributed by atoms with Crippen LogP contribution in [0.2, 0.25) is 0 Å². The van der Waals surface area contributed by atoms with Crippen molar-refractivity contribution in [2.45, 2.75) is 18.9 Å². The van der Waals surface area contributed by atoms with E-state index in [2.05, 4.69) is 12.5 Å². The summed E-state index contributed by atoms with van der Waals surface area (Å²) in [6.07, 6.45) is 6.91. The highest BCUT2D eigenvalue weighted by atomic mass is 16.3. The number of hydrogen-bond donors (Lipinski definition) is 1. The van der Waals surface area contributed by atoms with Crippen molar-refractivity contribution in [1.29, 1.82) is 0 Å². The van der Waals surface area contributed by atoms with Gasteiger partial charge in [0.1, 0.15) is 0 Å². The lowest BCUT2D eigenvalue weighted by molar-refractivity contribution is 0.206. The molecule has 0 aromatic heterocycles. The van der Waals surface area contributed by atoms with E-state index in [1.807, 2.05) is 0 Å². The number of hydrogen-bond acceptors (Lipinski definition) is 1. The summed E-state index contributed by atoms with van der Waals surface area (Å²) in [6.45, 7) is 3.81. The van der Waals surface area contributed by atoms with Crippen LogP contribution in [0.3, 0.4) is 0 Å².